The average molecular weight is 444 g/mol. The van der Waals surface area contributed by atoms with Crippen molar-refractivity contribution >= 4 is 34.3 Å². The monoisotopic (exact) mass is 443 g/mol. The highest BCUT2D eigenvalue weighted by molar-refractivity contribution is 9.10. The molecule has 5 nitrogen and oxygen atoms in total. The Morgan fingerprint density at radius 1 is 1.32 bits per heavy atom. The van der Waals surface area contributed by atoms with Gasteiger partial charge in [-0.15, -0.1) is 0 Å². The Bertz CT molecular complexity index is 889. The third-order valence-electron chi connectivity index (χ3n) is 3.86. The zero-order valence-electron chi connectivity index (χ0n) is 12.3. The van der Waals surface area contributed by atoms with Crippen molar-refractivity contribution in [1.82, 2.24) is 4.98 Å². The number of pyridine rings is 1. The lowest BCUT2D eigenvalue weighted by molar-refractivity contribution is 0.0558. The molecule has 1 fully saturated rings. The summed E-state index contributed by atoms with van der Waals surface area (Å²) in [6.45, 7) is -0.256. The van der Waals surface area contributed by atoms with E-state index in [1.165, 1.54) is 18.3 Å². The van der Waals surface area contributed by atoms with Crippen molar-refractivity contribution in [2.45, 2.75) is 18.0 Å². The van der Waals surface area contributed by atoms with Crippen molar-refractivity contribution < 1.29 is 36.7 Å². The highest BCUT2D eigenvalue weighted by atomic mass is 79.9. The van der Waals surface area contributed by atoms with Crippen molar-refractivity contribution in [2.24, 2.45) is 5.92 Å². The number of benzene rings is 1. The van der Waals surface area contributed by atoms with E-state index in [2.05, 4.69) is 20.9 Å². The lowest BCUT2D eigenvalue weighted by atomic mass is 10.1. The molecule has 1 heterocycles. The Hall–Kier alpha value is -1.22. The normalized spacial score (nSPS) is 19.9. The molecular formula is C14H11BrF4NO4P. The first-order valence-electron chi connectivity index (χ1n) is 6.96. The number of hydrogen-bond donors (Lipinski definition) is 2. The van der Waals surface area contributed by atoms with Crippen LogP contribution in [-0.2, 0) is 10.2 Å². The molecule has 3 rings (SSSR count). The maximum Gasteiger partial charge on any atom is 0.399 e. The summed E-state index contributed by atoms with van der Waals surface area (Å²) < 4.78 is 69.6. The summed E-state index contributed by atoms with van der Waals surface area (Å²) in [6.07, 6.45) is 1.02. The second-order valence-corrected chi connectivity index (χ2v) is 8.26. The molecule has 0 amide bonds. The first-order valence-corrected chi connectivity index (χ1v) is 9.36. The van der Waals surface area contributed by atoms with Gasteiger partial charge >= 0.3 is 13.3 Å². The molecule has 1 aliphatic carbocycles. The second kappa shape index (κ2) is 5.90. The van der Waals surface area contributed by atoms with Gasteiger partial charge in [-0.25, -0.2) is 13.8 Å². The molecule has 2 N–H and O–H groups in total. The van der Waals surface area contributed by atoms with Crippen LogP contribution in [0.1, 0.15) is 12.0 Å². The van der Waals surface area contributed by atoms with E-state index >= 15 is 0 Å². The van der Waals surface area contributed by atoms with Crippen molar-refractivity contribution in [3.63, 3.8) is 0 Å². The minimum atomic E-state index is -5.73. The van der Waals surface area contributed by atoms with Crippen LogP contribution in [0.2, 0.25) is 0 Å². The summed E-state index contributed by atoms with van der Waals surface area (Å²) in [5, 5.41) is 0.583. The Morgan fingerprint density at radius 3 is 2.52 bits per heavy atom. The number of nitrogens with zero attached hydrogens (tertiary/aromatic N) is 1. The van der Waals surface area contributed by atoms with Crippen LogP contribution >= 0.6 is 23.5 Å². The van der Waals surface area contributed by atoms with Crippen molar-refractivity contribution in [3.8, 4) is 5.88 Å². The molecular weight excluding hydrogens is 433 g/mol. The van der Waals surface area contributed by atoms with Gasteiger partial charge < -0.3 is 14.5 Å². The van der Waals surface area contributed by atoms with Crippen LogP contribution < -0.4 is 4.74 Å². The summed E-state index contributed by atoms with van der Waals surface area (Å²) in [5.74, 6) is -3.69. The van der Waals surface area contributed by atoms with Crippen molar-refractivity contribution in [2.75, 3.05) is 6.61 Å². The van der Waals surface area contributed by atoms with E-state index in [1.54, 1.807) is 0 Å². The number of aromatic nitrogens is 1. The Morgan fingerprint density at radius 2 is 1.96 bits per heavy atom. The SMILES string of the molecule is O=P(O)(O)C(F)(F)c1cc2cc(OCC3CC3(F)F)ncc2cc1Br. The van der Waals surface area contributed by atoms with Gasteiger partial charge in [0.2, 0.25) is 5.88 Å². The van der Waals surface area contributed by atoms with E-state index in [1.807, 2.05) is 0 Å². The average Bonchev–Trinajstić information content (AvgIpc) is 3.10. The zero-order valence-corrected chi connectivity index (χ0v) is 14.8. The standard InChI is InChI=1S/C14H11BrF4NO4P/c15-11-2-8-5-20-12(24-6-9-4-13(9,16)17)3-7(8)1-10(11)14(18,19)25(21,22)23/h1-3,5,9H,4,6H2,(H2,21,22,23). The maximum absolute atomic E-state index is 14.0. The smallest absolute Gasteiger partial charge is 0.399 e. The fraction of sp³-hybridized carbons (Fsp3) is 0.357. The Labute approximate surface area is 147 Å². The van der Waals surface area contributed by atoms with Crippen LogP contribution in [-0.4, -0.2) is 27.3 Å². The molecule has 1 aromatic carbocycles. The number of ether oxygens (including phenoxy) is 1. The van der Waals surface area contributed by atoms with Crippen LogP contribution in [0, 0.1) is 5.92 Å². The molecule has 0 saturated heterocycles. The van der Waals surface area contributed by atoms with Gasteiger partial charge in [-0.2, -0.15) is 8.78 Å². The molecule has 1 saturated carbocycles. The molecule has 1 atom stereocenters. The van der Waals surface area contributed by atoms with Crippen LogP contribution in [0.3, 0.4) is 0 Å². The Balaban J connectivity index is 1.93. The van der Waals surface area contributed by atoms with Gasteiger partial charge in [0.05, 0.1) is 12.5 Å². The fourth-order valence-electron chi connectivity index (χ4n) is 2.25. The van der Waals surface area contributed by atoms with Crippen LogP contribution in [0.15, 0.2) is 28.9 Å². The van der Waals surface area contributed by atoms with Gasteiger partial charge in [0.25, 0.3) is 5.92 Å². The third kappa shape index (κ3) is 3.53. The van der Waals surface area contributed by atoms with Gasteiger partial charge in [-0.3, -0.25) is 4.57 Å². The van der Waals surface area contributed by atoms with Crippen LogP contribution in [0.4, 0.5) is 17.6 Å². The summed E-state index contributed by atoms with van der Waals surface area (Å²) in [5.41, 5.74) is -5.28. The van der Waals surface area contributed by atoms with Gasteiger partial charge in [0, 0.05) is 34.1 Å². The molecule has 0 aliphatic heterocycles. The van der Waals surface area contributed by atoms with Gasteiger partial charge in [0.15, 0.2) is 0 Å². The molecule has 1 unspecified atom stereocenters. The minimum absolute atomic E-state index is 0.0389. The summed E-state index contributed by atoms with van der Waals surface area (Å²) in [7, 11) is -5.73. The first kappa shape index (κ1) is 18.6. The lowest BCUT2D eigenvalue weighted by Crippen LogP contribution is -2.14. The van der Waals surface area contributed by atoms with Gasteiger partial charge in [-0.05, 0) is 17.5 Å². The molecule has 11 heteroatoms. The first-order chi connectivity index (χ1) is 11.4. The predicted molar refractivity (Wildman–Crippen MR) is 83.9 cm³/mol. The number of hydrogen-bond acceptors (Lipinski definition) is 3. The highest BCUT2D eigenvalue weighted by Gasteiger charge is 2.57. The number of rotatable bonds is 5. The summed E-state index contributed by atoms with van der Waals surface area (Å²) in [4.78, 5) is 21.7. The second-order valence-electron chi connectivity index (χ2n) is 5.76. The number of halogens is 5. The fourth-order valence-corrected chi connectivity index (χ4v) is 3.51. The quantitative estimate of drug-likeness (QED) is 0.533. The summed E-state index contributed by atoms with van der Waals surface area (Å²) in [6, 6.07) is 3.39. The number of fused-ring (bicyclic) bond motifs is 1. The van der Waals surface area contributed by atoms with E-state index in [4.69, 9.17) is 14.5 Å². The largest absolute Gasteiger partial charge is 0.477 e. The summed E-state index contributed by atoms with van der Waals surface area (Å²) >= 11 is 2.87. The van der Waals surface area contributed by atoms with E-state index in [0.717, 1.165) is 6.07 Å². The highest BCUT2D eigenvalue weighted by Crippen LogP contribution is 2.60. The van der Waals surface area contributed by atoms with Gasteiger partial charge in [0.1, 0.15) is 0 Å². The minimum Gasteiger partial charge on any atom is -0.477 e. The van der Waals surface area contributed by atoms with E-state index in [9.17, 15) is 22.1 Å². The topological polar surface area (TPSA) is 79.7 Å². The molecule has 2 aromatic rings. The molecule has 0 spiro atoms. The zero-order chi connectivity index (χ0) is 18.6. The Kier molecular flexibility index (Phi) is 4.39. The molecule has 25 heavy (non-hydrogen) atoms. The lowest BCUT2D eigenvalue weighted by Gasteiger charge is -2.20. The molecule has 136 valence electrons. The van der Waals surface area contributed by atoms with E-state index in [0.29, 0.717) is 5.39 Å². The van der Waals surface area contributed by atoms with E-state index < -0.39 is 30.7 Å². The molecule has 1 aliphatic rings. The van der Waals surface area contributed by atoms with Crippen molar-refractivity contribution in [1.29, 1.82) is 0 Å². The third-order valence-corrected chi connectivity index (χ3v) is 5.49. The molecule has 0 radical (unpaired) electrons. The predicted octanol–water partition coefficient (Wildman–Crippen LogP) is 4.26. The number of alkyl halides is 4. The molecule has 1 aromatic heterocycles. The molecule has 0 bridgehead atoms. The van der Waals surface area contributed by atoms with Gasteiger partial charge in [-0.1, -0.05) is 15.9 Å². The maximum atomic E-state index is 14.0. The van der Waals surface area contributed by atoms with E-state index in [-0.39, 0.29) is 28.8 Å². The van der Waals surface area contributed by atoms with Crippen LogP contribution in [0.5, 0.6) is 5.88 Å². The van der Waals surface area contributed by atoms with Crippen molar-refractivity contribution in [3.05, 3.63) is 34.4 Å². The van der Waals surface area contributed by atoms with Crippen LogP contribution in [0.25, 0.3) is 10.8 Å².